The summed E-state index contributed by atoms with van der Waals surface area (Å²) in [6.45, 7) is 1.40. The number of methoxy groups -OCH3 is 2. The van der Waals surface area contributed by atoms with E-state index in [0.29, 0.717) is 29.6 Å². The lowest BCUT2D eigenvalue weighted by atomic mass is 10.1. The first kappa shape index (κ1) is 19.6. The Morgan fingerprint density at radius 2 is 2.07 bits per heavy atom. The zero-order valence-corrected chi connectivity index (χ0v) is 16.9. The normalized spacial score (nSPS) is 15.7. The van der Waals surface area contributed by atoms with E-state index in [1.807, 2.05) is 18.2 Å². The van der Waals surface area contributed by atoms with Gasteiger partial charge in [0.15, 0.2) is 0 Å². The second-order valence-corrected chi connectivity index (χ2v) is 6.95. The van der Waals surface area contributed by atoms with Crippen LogP contribution in [0.4, 0.5) is 5.95 Å². The number of aromatic nitrogens is 3. The highest BCUT2D eigenvalue weighted by molar-refractivity contribution is 5.97. The summed E-state index contributed by atoms with van der Waals surface area (Å²) in [4.78, 5) is 28.1. The summed E-state index contributed by atoms with van der Waals surface area (Å²) < 4.78 is 10.5. The Bertz CT molecular complexity index is 1030. The highest BCUT2D eigenvalue weighted by Crippen LogP contribution is 2.25. The fourth-order valence-electron chi connectivity index (χ4n) is 3.48. The maximum Gasteiger partial charge on any atom is 0.255 e. The molecule has 3 aromatic rings. The number of nitrogens with one attached hydrogen (secondary N) is 1. The number of amides is 1. The minimum atomic E-state index is -0.175. The van der Waals surface area contributed by atoms with Gasteiger partial charge in [-0.3, -0.25) is 9.78 Å². The lowest BCUT2D eigenvalue weighted by Gasteiger charge is -2.18. The van der Waals surface area contributed by atoms with E-state index >= 15 is 0 Å². The molecule has 1 aliphatic heterocycles. The number of hydrogen-bond donors (Lipinski definition) is 1. The van der Waals surface area contributed by atoms with Crippen LogP contribution in [0.1, 0.15) is 16.8 Å². The summed E-state index contributed by atoms with van der Waals surface area (Å²) in [5, 5.41) is 3.09. The van der Waals surface area contributed by atoms with Gasteiger partial charge in [0.05, 0.1) is 25.5 Å². The Morgan fingerprint density at radius 3 is 2.83 bits per heavy atom. The van der Waals surface area contributed by atoms with Gasteiger partial charge in [-0.15, -0.1) is 0 Å². The predicted octanol–water partition coefficient (Wildman–Crippen LogP) is 2.56. The van der Waals surface area contributed by atoms with Crippen molar-refractivity contribution in [1.82, 2.24) is 20.3 Å². The molecule has 1 aromatic carbocycles. The van der Waals surface area contributed by atoms with Crippen LogP contribution in [0.3, 0.4) is 0 Å². The number of carbonyl (C=O) groups excluding carboxylic acids is 1. The van der Waals surface area contributed by atoms with Crippen molar-refractivity contribution in [1.29, 1.82) is 0 Å². The Balaban J connectivity index is 1.44. The van der Waals surface area contributed by atoms with Gasteiger partial charge in [-0.25, -0.2) is 9.97 Å². The van der Waals surface area contributed by atoms with Crippen LogP contribution >= 0.6 is 0 Å². The SMILES string of the molecule is COc1ccc(C(=O)NC2CCN(c3nccc(-c4cccnc4)n3)C2)c(OC)c1. The summed E-state index contributed by atoms with van der Waals surface area (Å²) in [5.74, 6) is 1.59. The van der Waals surface area contributed by atoms with E-state index in [0.717, 1.165) is 24.2 Å². The molecule has 3 heterocycles. The highest BCUT2D eigenvalue weighted by atomic mass is 16.5. The van der Waals surface area contributed by atoms with Gasteiger partial charge in [-0.1, -0.05) is 0 Å². The quantitative estimate of drug-likeness (QED) is 0.674. The summed E-state index contributed by atoms with van der Waals surface area (Å²) in [7, 11) is 3.11. The van der Waals surface area contributed by atoms with Crippen LogP contribution in [-0.2, 0) is 0 Å². The summed E-state index contributed by atoms with van der Waals surface area (Å²) in [6.07, 6.45) is 6.07. The Morgan fingerprint density at radius 1 is 1.17 bits per heavy atom. The lowest BCUT2D eigenvalue weighted by Crippen LogP contribution is -2.37. The molecule has 2 aromatic heterocycles. The van der Waals surface area contributed by atoms with Gasteiger partial charge in [0.2, 0.25) is 5.95 Å². The molecule has 30 heavy (non-hydrogen) atoms. The van der Waals surface area contributed by atoms with Gasteiger partial charge in [0.1, 0.15) is 11.5 Å². The van der Waals surface area contributed by atoms with E-state index in [9.17, 15) is 4.79 Å². The van der Waals surface area contributed by atoms with Crippen molar-refractivity contribution in [2.75, 3.05) is 32.2 Å². The van der Waals surface area contributed by atoms with Crippen LogP contribution in [0, 0.1) is 0 Å². The summed E-state index contributed by atoms with van der Waals surface area (Å²) >= 11 is 0. The van der Waals surface area contributed by atoms with Crippen molar-refractivity contribution in [3.63, 3.8) is 0 Å². The maximum absolute atomic E-state index is 12.8. The summed E-state index contributed by atoms with van der Waals surface area (Å²) in [5.41, 5.74) is 2.24. The van der Waals surface area contributed by atoms with Gasteiger partial charge >= 0.3 is 0 Å². The van der Waals surface area contributed by atoms with E-state index in [-0.39, 0.29) is 11.9 Å². The summed E-state index contributed by atoms with van der Waals surface area (Å²) in [6, 6.07) is 10.9. The third kappa shape index (κ3) is 4.17. The molecule has 1 unspecified atom stereocenters. The second-order valence-electron chi connectivity index (χ2n) is 6.95. The smallest absolute Gasteiger partial charge is 0.255 e. The molecule has 1 atom stereocenters. The molecule has 154 valence electrons. The van der Waals surface area contributed by atoms with Gasteiger partial charge in [0.25, 0.3) is 5.91 Å². The Labute approximate surface area is 174 Å². The predicted molar refractivity (Wildman–Crippen MR) is 113 cm³/mol. The van der Waals surface area contributed by atoms with Crippen LogP contribution in [0.15, 0.2) is 55.0 Å². The number of nitrogens with zero attached hydrogens (tertiary/aromatic N) is 4. The molecule has 8 nitrogen and oxygen atoms in total. The standard InChI is InChI=1S/C22H23N5O3/c1-29-17-5-6-18(20(12-17)30-2)21(28)25-16-8-11-27(14-16)22-24-10-7-19(26-22)15-4-3-9-23-13-15/h3-7,9-10,12-13,16H,8,11,14H2,1-2H3,(H,25,28). The molecule has 0 saturated carbocycles. The van der Waals surface area contributed by atoms with Gasteiger partial charge in [0, 0.05) is 49.4 Å². The third-order valence-corrected chi connectivity index (χ3v) is 5.06. The number of anilines is 1. The zero-order chi connectivity index (χ0) is 20.9. The molecular formula is C22H23N5O3. The molecule has 1 N–H and O–H groups in total. The van der Waals surface area contributed by atoms with Crippen molar-refractivity contribution in [3.05, 3.63) is 60.6 Å². The molecule has 0 bridgehead atoms. The van der Waals surface area contributed by atoms with Crippen molar-refractivity contribution < 1.29 is 14.3 Å². The fourth-order valence-corrected chi connectivity index (χ4v) is 3.48. The van der Waals surface area contributed by atoms with E-state index in [1.54, 1.807) is 43.9 Å². The molecule has 1 aliphatic rings. The minimum absolute atomic E-state index is 0.00467. The van der Waals surface area contributed by atoms with Crippen LogP contribution < -0.4 is 19.7 Å². The number of ether oxygens (including phenoxy) is 2. The Kier molecular flexibility index (Phi) is 5.74. The van der Waals surface area contributed by atoms with Gasteiger partial charge in [-0.05, 0) is 36.8 Å². The zero-order valence-electron chi connectivity index (χ0n) is 16.9. The largest absolute Gasteiger partial charge is 0.497 e. The highest BCUT2D eigenvalue weighted by Gasteiger charge is 2.27. The number of rotatable bonds is 6. The number of pyridine rings is 1. The molecule has 0 radical (unpaired) electrons. The average molecular weight is 405 g/mol. The molecule has 4 rings (SSSR count). The van der Waals surface area contributed by atoms with Crippen LogP contribution in [0.25, 0.3) is 11.3 Å². The fraction of sp³-hybridized carbons (Fsp3) is 0.273. The maximum atomic E-state index is 12.8. The first-order valence-electron chi connectivity index (χ1n) is 9.69. The van der Waals surface area contributed by atoms with E-state index in [2.05, 4.69) is 25.2 Å². The Hall–Kier alpha value is -3.68. The average Bonchev–Trinajstić information content (AvgIpc) is 3.27. The lowest BCUT2D eigenvalue weighted by molar-refractivity contribution is 0.0937. The van der Waals surface area contributed by atoms with Crippen molar-refractivity contribution in [3.8, 4) is 22.8 Å². The van der Waals surface area contributed by atoms with Crippen molar-refractivity contribution in [2.24, 2.45) is 0 Å². The molecule has 8 heteroatoms. The molecule has 1 saturated heterocycles. The van der Waals surface area contributed by atoms with E-state index in [4.69, 9.17) is 9.47 Å². The van der Waals surface area contributed by atoms with Crippen molar-refractivity contribution >= 4 is 11.9 Å². The number of carbonyl (C=O) groups is 1. The first-order chi connectivity index (χ1) is 14.7. The number of hydrogen-bond acceptors (Lipinski definition) is 7. The van der Waals surface area contributed by atoms with E-state index < -0.39 is 0 Å². The number of benzene rings is 1. The molecule has 1 amide bonds. The first-order valence-corrected chi connectivity index (χ1v) is 9.69. The van der Waals surface area contributed by atoms with E-state index in [1.165, 1.54) is 7.11 Å². The monoisotopic (exact) mass is 405 g/mol. The topological polar surface area (TPSA) is 89.5 Å². The van der Waals surface area contributed by atoms with Gasteiger partial charge < -0.3 is 19.7 Å². The molecule has 1 fully saturated rings. The van der Waals surface area contributed by atoms with Crippen LogP contribution in [0.2, 0.25) is 0 Å². The van der Waals surface area contributed by atoms with Crippen LogP contribution in [-0.4, -0.2) is 54.2 Å². The third-order valence-electron chi connectivity index (χ3n) is 5.06. The van der Waals surface area contributed by atoms with Gasteiger partial charge in [-0.2, -0.15) is 0 Å². The van der Waals surface area contributed by atoms with Crippen molar-refractivity contribution in [2.45, 2.75) is 12.5 Å². The molecule has 0 spiro atoms. The molecular weight excluding hydrogens is 382 g/mol. The minimum Gasteiger partial charge on any atom is -0.497 e. The second kappa shape index (κ2) is 8.77. The molecule has 0 aliphatic carbocycles. The van der Waals surface area contributed by atoms with Crippen LogP contribution in [0.5, 0.6) is 11.5 Å².